The average Bonchev–Trinajstić information content (AvgIpc) is 3.23. The zero-order valence-electron chi connectivity index (χ0n) is 10.5. The van der Waals surface area contributed by atoms with Crippen molar-refractivity contribution >= 4 is 17.5 Å². The van der Waals surface area contributed by atoms with Crippen molar-refractivity contribution in [3.05, 3.63) is 16.3 Å². The number of nitro groups is 1. The smallest absolute Gasteiger partial charge is 0.329 e. The average molecular weight is 264 g/mol. The van der Waals surface area contributed by atoms with Crippen molar-refractivity contribution in [2.75, 3.05) is 36.8 Å². The van der Waals surface area contributed by atoms with E-state index in [1.54, 1.807) is 0 Å². The SMILES string of the molecule is Nc1ncc([N+](=O)[O-])c(N2CCN(C3CC3)CC2)n1. The van der Waals surface area contributed by atoms with Gasteiger partial charge in [-0.15, -0.1) is 0 Å². The van der Waals surface area contributed by atoms with E-state index in [0.29, 0.717) is 5.82 Å². The summed E-state index contributed by atoms with van der Waals surface area (Å²) >= 11 is 0. The molecule has 8 heteroatoms. The first-order chi connectivity index (χ1) is 9.15. The van der Waals surface area contributed by atoms with Crippen molar-refractivity contribution in [1.29, 1.82) is 0 Å². The molecule has 0 unspecified atom stereocenters. The summed E-state index contributed by atoms with van der Waals surface area (Å²) in [4.78, 5) is 22.6. The first kappa shape index (κ1) is 12.1. The Hall–Kier alpha value is -1.96. The summed E-state index contributed by atoms with van der Waals surface area (Å²) < 4.78 is 0. The fraction of sp³-hybridized carbons (Fsp3) is 0.636. The maximum Gasteiger partial charge on any atom is 0.329 e. The lowest BCUT2D eigenvalue weighted by Gasteiger charge is -2.35. The van der Waals surface area contributed by atoms with Gasteiger partial charge in [0.1, 0.15) is 6.20 Å². The van der Waals surface area contributed by atoms with Gasteiger partial charge in [0.25, 0.3) is 0 Å². The molecule has 0 aromatic carbocycles. The Bertz CT molecular complexity index is 496. The second-order valence-electron chi connectivity index (χ2n) is 4.95. The summed E-state index contributed by atoms with van der Waals surface area (Å²) in [6.45, 7) is 3.33. The molecule has 8 nitrogen and oxygen atoms in total. The van der Waals surface area contributed by atoms with Crippen LogP contribution in [-0.4, -0.2) is 52.0 Å². The largest absolute Gasteiger partial charge is 0.368 e. The zero-order valence-corrected chi connectivity index (χ0v) is 10.5. The molecule has 2 N–H and O–H groups in total. The summed E-state index contributed by atoms with van der Waals surface area (Å²) in [7, 11) is 0. The van der Waals surface area contributed by atoms with Gasteiger partial charge in [0.15, 0.2) is 0 Å². The summed E-state index contributed by atoms with van der Waals surface area (Å²) in [5, 5.41) is 11.0. The Morgan fingerprint density at radius 3 is 2.58 bits per heavy atom. The predicted molar refractivity (Wildman–Crippen MR) is 69.9 cm³/mol. The van der Waals surface area contributed by atoms with Gasteiger partial charge in [-0.25, -0.2) is 4.98 Å². The van der Waals surface area contributed by atoms with Gasteiger partial charge in [-0.05, 0) is 12.8 Å². The van der Waals surface area contributed by atoms with Crippen molar-refractivity contribution in [2.45, 2.75) is 18.9 Å². The minimum absolute atomic E-state index is 0.0743. The molecule has 0 radical (unpaired) electrons. The summed E-state index contributed by atoms with van der Waals surface area (Å²) in [6.07, 6.45) is 3.74. The van der Waals surface area contributed by atoms with Crippen LogP contribution < -0.4 is 10.6 Å². The van der Waals surface area contributed by atoms with Crippen molar-refractivity contribution < 1.29 is 4.92 Å². The molecule has 2 fully saturated rings. The topological polar surface area (TPSA) is 101 Å². The molecule has 2 aliphatic rings. The van der Waals surface area contributed by atoms with Gasteiger partial charge in [-0.2, -0.15) is 4.98 Å². The van der Waals surface area contributed by atoms with Gasteiger partial charge >= 0.3 is 5.69 Å². The highest BCUT2D eigenvalue weighted by molar-refractivity contribution is 5.58. The molecule has 0 atom stereocenters. The van der Waals surface area contributed by atoms with Crippen LogP contribution in [0.25, 0.3) is 0 Å². The highest BCUT2D eigenvalue weighted by Gasteiger charge is 2.33. The second kappa shape index (κ2) is 4.61. The summed E-state index contributed by atoms with van der Waals surface area (Å²) in [5.41, 5.74) is 5.46. The zero-order chi connectivity index (χ0) is 13.4. The third kappa shape index (κ3) is 2.43. The lowest BCUT2D eigenvalue weighted by Crippen LogP contribution is -2.47. The monoisotopic (exact) mass is 264 g/mol. The minimum atomic E-state index is -0.456. The Morgan fingerprint density at radius 1 is 1.32 bits per heavy atom. The quantitative estimate of drug-likeness (QED) is 0.616. The van der Waals surface area contributed by atoms with E-state index >= 15 is 0 Å². The van der Waals surface area contributed by atoms with E-state index in [0.717, 1.165) is 32.2 Å². The summed E-state index contributed by atoms with van der Waals surface area (Å²) in [5.74, 6) is 0.415. The third-order valence-corrected chi connectivity index (χ3v) is 3.64. The molecule has 1 saturated heterocycles. The van der Waals surface area contributed by atoms with E-state index in [2.05, 4.69) is 14.9 Å². The van der Waals surface area contributed by atoms with Crippen molar-refractivity contribution in [3.8, 4) is 0 Å². The van der Waals surface area contributed by atoms with Crippen molar-refractivity contribution in [1.82, 2.24) is 14.9 Å². The van der Waals surface area contributed by atoms with E-state index in [-0.39, 0.29) is 11.6 Å². The fourth-order valence-electron chi connectivity index (χ4n) is 2.48. The summed E-state index contributed by atoms with van der Waals surface area (Å²) in [6, 6.07) is 0.729. The van der Waals surface area contributed by atoms with Gasteiger partial charge in [0.2, 0.25) is 11.8 Å². The molecule has 0 spiro atoms. The Morgan fingerprint density at radius 2 is 2.00 bits per heavy atom. The van der Waals surface area contributed by atoms with Gasteiger partial charge < -0.3 is 10.6 Å². The van der Waals surface area contributed by atoms with Crippen molar-refractivity contribution in [3.63, 3.8) is 0 Å². The van der Waals surface area contributed by atoms with Gasteiger partial charge in [0, 0.05) is 32.2 Å². The second-order valence-corrected chi connectivity index (χ2v) is 4.95. The van der Waals surface area contributed by atoms with Crippen LogP contribution in [0.4, 0.5) is 17.5 Å². The first-order valence-corrected chi connectivity index (χ1v) is 6.41. The number of hydrogen-bond acceptors (Lipinski definition) is 7. The fourth-order valence-corrected chi connectivity index (χ4v) is 2.48. The number of nitrogens with two attached hydrogens (primary N) is 1. The predicted octanol–water partition coefficient (Wildman–Crippen LogP) is 0.251. The van der Waals surface area contributed by atoms with Gasteiger partial charge in [-0.1, -0.05) is 0 Å². The number of piperazine rings is 1. The molecular weight excluding hydrogens is 248 g/mol. The van der Waals surface area contributed by atoms with Crippen LogP contribution in [0.1, 0.15) is 12.8 Å². The van der Waals surface area contributed by atoms with Gasteiger partial charge in [0.05, 0.1) is 4.92 Å². The number of anilines is 2. The highest BCUT2D eigenvalue weighted by atomic mass is 16.6. The van der Waals surface area contributed by atoms with Crippen LogP contribution in [0.15, 0.2) is 6.20 Å². The lowest BCUT2D eigenvalue weighted by molar-refractivity contribution is -0.384. The molecule has 2 heterocycles. The van der Waals surface area contributed by atoms with E-state index in [4.69, 9.17) is 5.73 Å². The number of rotatable bonds is 3. The number of nitrogen functional groups attached to an aromatic ring is 1. The Balaban J connectivity index is 1.78. The maximum atomic E-state index is 11.0. The van der Waals surface area contributed by atoms with Crippen LogP contribution in [0.5, 0.6) is 0 Å². The van der Waals surface area contributed by atoms with Gasteiger partial charge in [-0.3, -0.25) is 15.0 Å². The normalized spacial score (nSPS) is 20.5. The molecule has 1 aromatic heterocycles. The van der Waals surface area contributed by atoms with Crippen LogP contribution >= 0.6 is 0 Å². The third-order valence-electron chi connectivity index (χ3n) is 3.64. The van der Waals surface area contributed by atoms with E-state index in [1.165, 1.54) is 19.0 Å². The lowest BCUT2D eigenvalue weighted by atomic mass is 10.3. The molecule has 3 rings (SSSR count). The number of nitrogens with zero attached hydrogens (tertiary/aromatic N) is 5. The van der Waals surface area contributed by atoms with Crippen LogP contribution in [0.2, 0.25) is 0 Å². The van der Waals surface area contributed by atoms with Crippen LogP contribution in [0.3, 0.4) is 0 Å². The molecular formula is C11H16N6O2. The minimum Gasteiger partial charge on any atom is -0.368 e. The Labute approximate surface area is 110 Å². The van der Waals surface area contributed by atoms with E-state index in [9.17, 15) is 10.1 Å². The van der Waals surface area contributed by atoms with Crippen LogP contribution in [-0.2, 0) is 0 Å². The number of aromatic nitrogens is 2. The molecule has 1 aliphatic heterocycles. The molecule has 0 bridgehead atoms. The number of hydrogen-bond donors (Lipinski definition) is 1. The molecule has 1 aromatic rings. The molecule has 1 saturated carbocycles. The molecule has 102 valence electrons. The molecule has 19 heavy (non-hydrogen) atoms. The van der Waals surface area contributed by atoms with E-state index < -0.39 is 4.92 Å². The Kier molecular flexibility index (Phi) is 2.94. The molecule has 0 amide bonds. The highest BCUT2D eigenvalue weighted by Crippen LogP contribution is 2.30. The standard InChI is InChI=1S/C11H16N6O2/c12-11-13-7-9(17(18)19)10(14-11)16-5-3-15(4-6-16)8-1-2-8/h7-8H,1-6H2,(H2,12,13,14). The van der Waals surface area contributed by atoms with E-state index in [1.807, 2.05) is 4.90 Å². The molecule has 1 aliphatic carbocycles. The van der Waals surface area contributed by atoms with Crippen LogP contribution in [0, 0.1) is 10.1 Å². The van der Waals surface area contributed by atoms with Crippen molar-refractivity contribution in [2.24, 2.45) is 0 Å². The first-order valence-electron chi connectivity index (χ1n) is 6.41. The maximum absolute atomic E-state index is 11.0.